The van der Waals surface area contributed by atoms with Crippen molar-refractivity contribution < 1.29 is 14.3 Å². The highest BCUT2D eigenvalue weighted by Crippen LogP contribution is 2.46. The summed E-state index contributed by atoms with van der Waals surface area (Å²) in [4.78, 5) is 29.7. The van der Waals surface area contributed by atoms with Crippen LogP contribution in [-0.4, -0.2) is 54.4 Å². The summed E-state index contributed by atoms with van der Waals surface area (Å²) >= 11 is 0. The molecule has 1 heterocycles. The molecule has 5 nitrogen and oxygen atoms in total. The number of carbonyl (C=O) groups is 2. The molecular weight excluding hydrogens is 376 g/mol. The lowest BCUT2D eigenvalue weighted by molar-refractivity contribution is -0.137. The first kappa shape index (κ1) is 24.2. The van der Waals surface area contributed by atoms with Crippen LogP contribution in [0.2, 0.25) is 0 Å². The molecule has 168 valence electrons. The van der Waals surface area contributed by atoms with Gasteiger partial charge in [0, 0.05) is 38.0 Å². The summed E-state index contributed by atoms with van der Waals surface area (Å²) in [7, 11) is 1.68. The van der Waals surface area contributed by atoms with Gasteiger partial charge in [0.2, 0.25) is 11.8 Å². The summed E-state index contributed by atoms with van der Waals surface area (Å²) in [5.41, 5.74) is 1.23. The van der Waals surface area contributed by atoms with Crippen molar-refractivity contribution in [2.75, 3.05) is 26.7 Å². The maximum absolute atomic E-state index is 13.0. The van der Waals surface area contributed by atoms with Crippen LogP contribution in [0.15, 0.2) is 24.3 Å². The molecule has 1 aromatic rings. The monoisotopic (exact) mass is 416 g/mol. The van der Waals surface area contributed by atoms with E-state index in [1.165, 1.54) is 5.56 Å². The number of hydrogen-bond donors (Lipinski definition) is 0. The Kier molecular flexibility index (Phi) is 9.19. The van der Waals surface area contributed by atoms with Crippen molar-refractivity contribution in [3.8, 4) is 5.75 Å². The lowest BCUT2D eigenvalue weighted by Gasteiger charge is -2.27. The van der Waals surface area contributed by atoms with Crippen molar-refractivity contribution in [2.45, 2.75) is 66.3 Å². The largest absolute Gasteiger partial charge is 0.497 e. The third-order valence-electron chi connectivity index (χ3n) is 6.67. The van der Waals surface area contributed by atoms with Crippen LogP contribution in [0.4, 0.5) is 0 Å². The van der Waals surface area contributed by atoms with Gasteiger partial charge in [-0.2, -0.15) is 0 Å². The van der Waals surface area contributed by atoms with Gasteiger partial charge in [-0.05, 0) is 62.6 Å². The van der Waals surface area contributed by atoms with E-state index in [4.69, 9.17) is 4.74 Å². The number of fused-ring (bicyclic) bond motifs is 1. The van der Waals surface area contributed by atoms with Gasteiger partial charge in [-0.25, -0.2) is 0 Å². The zero-order valence-corrected chi connectivity index (χ0v) is 19.7. The van der Waals surface area contributed by atoms with E-state index in [0.717, 1.165) is 44.6 Å². The van der Waals surface area contributed by atoms with Crippen molar-refractivity contribution in [3.63, 3.8) is 0 Å². The smallest absolute Gasteiger partial charge is 0.226 e. The molecule has 1 aliphatic carbocycles. The maximum atomic E-state index is 13.0. The molecule has 2 amide bonds. The van der Waals surface area contributed by atoms with Crippen molar-refractivity contribution in [1.82, 2.24) is 9.80 Å². The standard InChI is InChI=1S/C23H34N2O3.C2H6/c1-5-24(6-2)23(27)22-16(3)13-20-19(22)15-21(26)25(20)12-8-10-17-9-7-11-18(14-17)28-4;1-2/h7,9,11,14,16,19-20,22H,5-6,8,10,12-13,15H2,1-4H3;1-2H3/t16?,19?,20?,22-;/m1./s1. The van der Waals surface area contributed by atoms with E-state index in [0.29, 0.717) is 12.3 Å². The fraction of sp³-hybridized carbons (Fsp3) is 0.680. The van der Waals surface area contributed by atoms with Crippen LogP contribution >= 0.6 is 0 Å². The topological polar surface area (TPSA) is 49.9 Å². The Bertz CT molecular complexity index is 701. The van der Waals surface area contributed by atoms with Crippen LogP contribution in [0.25, 0.3) is 0 Å². The van der Waals surface area contributed by atoms with Gasteiger partial charge in [-0.3, -0.25) is 9.59 Å². The molecule has 0 bridgehead atoms. The van der Waals surface area contributed by atoms with Crippen LogP contribution in [0, 0.1) is 17.8 Å². The Hall–Kier alpha value is -2.04. The molecule has 2 aliphatic rings. The number of ether oxygens (including phenoxy) is 1. The van der Waals surface area contributed by atoms with Crippen molar-refractivity contribution >= 4 is 11.8 Å². The summed E-state index contributed by atoms with van der Waals surface area (Å²) in [5, 5.41) is 0. The second kappa shape index (κ2) is 11.4. The van der Waals surface area contributed by atoms with Gasteiger partial charge >= 0.3 is 0 Å². The Labute approximate surface area is 182 Å². The average molecular weight is 417 g/mol. The third kappa shape index (κ3) is 5.16. The van der Waals surface area contributed by atoms with Gasteiger partial charge in [0.1, 0.15) is 5.75 Å². The Morgan fingerprint density at radius 2 is 1.93 bits per heavy atom. The van der Waals surface area contributed by atoms with Crippen LogP contribution in [0.5, 0.6) is 5.75 Å². The van der Waals surface area contributed by atoms with E-state index in [2.05, 4.69) is 24.0 Å². The molecule has 4 atom stereocenters. The van der Waals surface area contributed by atoms with Gasteiger partial charge in [0.25, 0.3) is 0 Å². The minimum atomic E-state index is -0.00256. The quantitative estimate of drug-likeness (QED) is 0.631. The molecule has 5 heteroatoms. The highest BCUT2D eigenvalue weighted by molar-refractivity contribution is 5.84. The first-order chi connectivity index (χ1) is 14.5. The summed E-state index contributed by atoms with van der Waals surface area (Å²) < 4.78 is 5.29. The highest BCUT2D eigenvalue weighted by Gasteiger charge is 2.53. The predicted molar refractivity (Wildman–Crippen MR) is 121 cm³/mol. The van der Waals surface area contributed by atoms with Crippen LogP contribution in [0.3, 0.4) is 0 Å². The number of amides is 2. The summed E-state index contributed by atoms with van der Waals surface area (Å²) in [6.45, 7) is 12.5. The molecule has 1 saturated carbocycles. The predicted octanol–water partition coefficient (Wildman–Crippen LogP) is 4.40. The molecule has 1 aliphatic heterocycles. The normalized spacial score (nSPS) is 24.9. The van der Waals surface area contributed by atoms with E-state index in [1.54, 1.807) is 7.11 Å². The van der Waals surface area contributed by atoms with Gasteiger partial charge in [0.05, 0.1) is 7.11 Å². The molecule has 0 radical (unpaired) electrons. The summed E-state index contributed by atoms with van der Waals surface area (Å²) in [6.07, 6.45) is 3.35. The van der Waals surface area contributed by atoms with E-state index in [1.807, 2.05) is 44.7 Å². The molecule has 0 N–H and O–H groups in total. The molecule has 30 heavy (non-hydrogen) atoms. The Morgan fingerprint density at radius 3 is 2.57 bits per heavy atom. The molecule has 0 aromatic heterocycles. The number of nitrogens with zero attached hydrogens (tertiary/aromatic N) is 2. The zero-order valence-electron chi connectivity index (χ0n) is 19.7. The second-order valence-electron chi connectivity index (χ2n) is 8.23. The number of likely N-dealkylation sites (tertiary alicyclic amines) is 1. The van der Waals surface area contributed by atoms with Gasteiger partial charge in [-0.15, -0.1) is 0 Å². The van der Waals surface area contributed by atoms with Crippen LogP contribution in [0.1, 0.15) is 59.4 Å². The van der Waals surface area contributed by atoms with Crippen molar-refractivity contribution in [1.29, 1.82) is 0 Å². The van der Waals surface area contributed by atoms with Crippen molar-refractivity contribution in [2.24, 2.45) is 17.8 Å². The molecule has 3 unspecified atom stereocenters. The second-order valence-corrected chi connectivity index (χ2v) is 8.23. The van der Waals surface area contributed by atoms with E-state index < -0.39 is 0 Å². The number of methoxy groups -OCH3 is 1. The summed E-state index contributed by atoms with van der Waals surface area (Å²) in [5.74, 6) is 1.87. The lowest BCUT2D eigenvalue weighted by Crippen LogP contribution is -2.40. The zero-order chi connectivity index (χ0) is 22.3. The third-order valence-corrected chi connectivity index (χ3v) is 6.67. The first-order valence-electron chi connectivity index (χ1n) is 11.7. The fourth-order valence-corrected chi connectivity index (χ4v) is 5.23. The SMILES string of the molecule is CC.CCN(CC)C(=O)[C@@H]1C(C)CC2C1CC(=O)N2CCCc1cccc(OC)c1. The number of hydrogen-bond acceptors (Lipinski definition) is 3. The van der Waals surface area contributed by atoms with Gasteiger partial charge in [0.15, 0.2) is 0 Å². The highest BCUT2D eigenvalue weighted by atomic mass is 16.5. The molecule has 1 saturated heterocycles. The van der Waals surface area contributed by atoms with Crippen LogP contribution in [-0.2, 0) is 16.0 Å². The lowest BCUT2D eigenvalue weighted by atomic mass is 9.87. The fourth-order valence-electron chi connectivity index (χ4n) is 5.23. The summed E-state index contributed by atoms with van der Waals surface area (Å²) in [6, 6.07) is 8.36. The Morgan fingerprint density at radius 1 is 1.23 bits per heavy atom. The molecule has 2 fully saturated rings. The van der Waals surface area contributed by atoms with Gasteiger partial charge < -0.3 is 14.5 Å². The molecule has 1 aromatic carbocycles. The van der Waals surface area contributed by atoms with Crippen LogP contribution < -0.4 is 4.74 Å². The van der Waals surface area contributed by atoms with E-state index >= 15 is 0 Å². The van der Waals surface area contributed by atoms with E-state index in [9.17, 15) is 9.59 Å². The number of carbonyl (C=O) groups excluding carboxylic acids is 2. The molecule has 3 rings (SSSR count). The number of benzene rings is 1. The number of aryl methyl sites for hydroxylation is 1. The molecular formula is C25H40N2O3. The first-order valence-corrected chi connectivity index (χ1v) is 11.7. The van der Waals surface area contributed by atoms with Gasteiger partial charge in [-0.1, -0.05) is 32.9 Å². The number of rotatable bonds is 8. The maximum Gasteiger partial charge on any atom is 0.226 e. The minimum absolute atomic E-state index is 0.00256. The molecule has 0 spiro atoms. The average Bonchev–Trinajstić information content (AvgIpc) is 3.23. The van der Waals surface area contributed by atoms with Crippen molar-refractivity contribution in [3.05, 3.63) is 29.8 Å². The minimum Gasteiger partial charge on any atom is -0.497 e. The Balaban J connectivity index is 0.00000155. The van der Waals surface area contributed by atoms with E-state index in [-0.39, 0.29) is 29.7 Å².